The predicted octanol–water partition coefficient (Wildman–Crippen LogP) is 3.84. The molecule has 4 rings (SSSR count). The molecule has 1 aliphatic heterocycles. The average molecular weight is 381 g/mol. The summed E-state index contributed by atoms with van der Waals surface area (Å²) in [6, 6.07) is 10.1. The highest BCUT2D eigenvalue weighted by Gasteiger charge is 2.27. The van der Waals surface area contributed by atoms with E-state index in [1.54, 1.807) is 17.5 Å². The van der Waals surface area contributed by atoms with E-state index in [2.05, 4.69) is 41.2 Å². The number of carbonyl (C=O) groups is 1. The number of thiazole rings is 1. The lowest BCUT2D eigenvalue weighted by Crippen LogP contribution is -2.43. The number of carbonyl (C=O) groups excluding carboxylic acids is 1. The molecule has 1 saturated heterocycles. The molecule has 1 aromatic carbocycles. The maximum Gasteiger partial charge on any atom is 0.225 e. The Hall–Kier alpha value is -2.47. The van der Waals surface area contributed by atoms with Gasteiger partial charge in [-0.1, -0.05) is 23.5 Å². The van der Waals surface area contributed by atoms with E-state index in [1.807, 2.05) is 18.2 Å². The van der Waals surface area contributed by atoms with E-state index in [-0.39, 0.29) is 11.8 Å². The molecular weight excluding hydrogens is 356 g/mol. The lowest BCUT2D eigenvalue weighted by atomic mass is 9.97. The van der Waals surface area contributed by atoms with Crippen LogP contribution >= 0.6 is 11.3 Å². The number of pyridine rings is 1. The minimum atomic E-state index is -0.00249. The van der Waals surface area contributed by atoms with Gasteiger partial charge in [0.25, 0.3) is 0 Å². The van der Waals surface area contributed by atoms with Crippen molar-refractivity contribution in [2.75, 3.05) is 18.0 Å². The van der Waals surface area contributed by atoms with Gasteiger partial charge in [0.15, 0.2) is 5.13 Å². The number of piperidine rings is 1. The Morgan fingerprint density at radius 3 is 3.04 bits per heavy atom. The van der Waals surface area contributed by atoms with Crippen molar-refractivity contribution in [2.24, 2.45) is 5.92 Å². The lowest BCUT2D eigenvalue weighted by molar-refractivity contribution is -0.125. The number of fused-ring (bicyclic) bond motifs is 1. The number of aromatic nitrogens is 2. The number of aryl methyl sites for hydroxylation is 2. The van der Waals surface area contributed by atoms with Crippen LogP contribution in [0.25, 0.3) is 10.2 Å². The van der Waals surface area contributed by atoms with Crippen molar-refractivity contribution in [3.63, 3.8) is 0 Å². The molecule has 1 amide bonds. The average Bonchev–Trinajstić information content (AvgIpc) is 3.11. The highest BCUT2D eigenvalue weighted by atomic mass is 32.1. The summed E-state index contributed by atoms with van der Waals surface area (Å²) in [6.07, 6.45) is 3.68. The fraction of sp³-hybridized carbons (Fsp3) is 0.381. The van der Waals surface area contributed by atoms with Crippen molar-refractivity contribution in [3.05, 3.63) is 53.3 Å². The smallest absolute Gasteiger partial charge is 0.225 e. The SMILES string of the molecule is Cc1cc(C)c2nc(N3CCC[C@@H](C(=O)NCc4ccccn4)C3)sc2c1. The molecule has 27 heavy (non-hydrogen) atoms. The van der Waals surface area contributed by atoms with Gasteiger partial charge >= 0.3 is 0 Å². The third-order valence-electron chi connectivity index (χ3n) is 5.05. The van der Waals surface area contributed by atoms with Crippen LogP contribution in [0.4, 0.5) is 5.13 Å². The van der Waals surface area contributed by atoms with E-state index >= 15 is 0 Å². The van der Waals surface area contributed by atoms with Crippen LogP contribution in [0.15, 0.2) is 36.5 Å². The van der Waals surface area contributed by atoms with Crippen LogP contribution < -0.4 is 10.2 Å². The summed E-state index contributed by atoms with van der Waals surface area (Å²) < 4.78 is 1.23. The highest BCUT2D eigenvalue weighted by molar-refractivity contribution is 7.22. The van der Waals surface area contributed by atoms with Gasteiger partial charge in [0.05, 0.1) is 28.4 Å². The second kappa shape index (κ2) is 7.64. The van der Waals surface area contributed by atoms with Gasteiger partial charge in [-0.05, 0) is 56.0 Å². The standard InChI is InChI=1S/C21H24N4OS/c1-14-10-15(2)19-18(11-14)27-21(24-19)25-9-5-6-16(13-25)20(26)23-12-17-7-3-4-8-22-17/h3-4,7-8,10-11,16H,5-6,9,12-13H2,1-2H3,(H,23,26)/t16-/m1/s1. The topological polar surface area (TPSA) is 58.1 Å². The molecule has 3 aromatic rings. The zero-order valence-electron chi connectivity index (χ0n) is 15.7. The minimum Gasteiger partial charge on any atom is -0.350 e. The van der Waals surface area contributed by atoms with Gasteiger partial charge in [-0.25, -0.2) is 4.98 Å². The molecule has 5 nitrogen and oxygen atoms in total. The van der Waals surface area contributed by atoms with E-state index in [9.17, 15) is 4.79 Å². The van der Waals surface area contributed by atoms with Crippen molar-refractivity contribution in [1.29, 1.82) is 0 Å². The van der Waals surface area contributed by atoms with Gasteiger partial charge in [0, 0.05) is 19.3 Å². The summed E-state index contributed by atoms with van der Waals surface area (Å²) in [5.41, 5.74) is 4.45. The first-order valence-corrected chi connectivity index (χ1v) is 10.2. The molecule has 1 N–H and O–H groups in total. The second-order valence-electron chi connectivity index (χ2n) is 7.25. The minimum absolute atomic E-state index is 0.00249. The normalized spacial score (nSPS) is 17.3. The summed E-state index contributed by atoms with van der Waals surface area (Å²) in [5, 5.41) is 4.07. The number of nitrogens with one attached hydrogen (secondary N) is 1. The van der Waals surface area contributed by atoms with E-state index in [0.717, 1.165) is 42.3 Å². The van der Waals surface area contributed by atoms with Crippen molar-refractivity contribution in [2.45, 2.75) is 33.2 Å². The Morgan fingerprint density at radius 2 is 2.22 bits per heavy atom. The van der Waals surface area contributed by atoms with Crippen LogP contribution in [0.5, 0.6) is 0 Å². The Balaban J connectivity index is 1.45. The van der Waals surface area contributed by atoms with E-state index in [0.29, 0.717) is 6.54 Å². The van der Waals surface area contributed by atoms with Crippen LogP contribution in [0, 0.1) is 19.8 Å². The molecule has 3 heterocycles. The molecule has 1 aliphatic rings. The number of rotatable bonds is 4. The predicted molar refractivity (Wildman–Crippen MR) is 110 cm³/mol. The Bertz CT molecular complexity index is 953. The summed E-state index contributed by atoms with van der Waals surface area (Å²) in [6.45, 7) is 6.40. The molecule has 140 valence electrons. The summed E-state index contributed by atoms with van der Waals surface area (Å²) in [7, 11) is 0. The molecular formula is C21H24N4OS. The first-order valence-electron chi connectivity index (χ1n) is 9.40. The van der Waals surface area contributed by atoms with E-state index in [1.165, 1.54) is 15.8 Å². The first-order chi connectivity index (χ1) is 13.1. The molecule has 6 heteroatoms. The van der Waals surface area contributed by atoms with Crippen molar-refractivity contribution in [1.82, 2.24) is 15.3 Å². The van der Waals surface area contributed by atoms with E-state index in [4.69, 9.17) is 4.98 Å². The molecule has 0 radical (unpaired) electrons. The Morgan fingerprint density at radius 1 is 1.33 bits per heavy atom. The van der Waals surface area contributed by atoms with Gasteiger partial charge in [-0.15, -0.1) is 0 Å². The number of anilines is 1. The van der Waals surface area contributed by atoms with Crippen LogP contribution in [0.1, 0.15) is 29.7 Å². The van der Waals surface area contributed by atoms with Crippen LogP contribution in [0.2, 0.25) is 0 Å². The van der Waals surface area contributed by atoms with Crippen molar-refractivity contribution < 1.29 is 4.79 Å². The van der Waals surface area contributed by atoms with Crippen LogP contribution in [-0.4, -0.2) is 29.0 Å². The van der Waals surface area contributed by atoms with Gasteiger partial charge in [0.2, 0.25) is 5.91 Å². The third-order valence-corrected chi connectivity index (χ3v) is 6.11. The second-order valence-corrected chi connectivity index (χ2v) is 8.26. The maximum atomic E-state index is 12.6. The molecule has 0 spiro atoms. The van der Waals surface area contributed by atoms with Crippen LogP contribution in [0.3, 0.4) is 0 Å². The largest absolute Gasteiger partial charge is 0.350 e. The lowest BCUT2D eigenvalue weighted by Gasteiger charge is -2.31. The quantitative estimate of drug-likeness (QED) is 0.747. The molecule has 0 saturated carbocycles. The molecule has 1 fully saturated rings. The van der Waals surface area contributed by atoms with E-state index < -0.39 is 0 Å². The third kappa shape index (κ3) is 3.95. The summed E-state index contributed by atoms with van der Waals surface area (Å²) in [4.78, 5) is 24.0. The van der Waals surface area contributed by atoms with Crippen molar-refractivity contribution >= 4 is 32.6 Å². The van der Waals surface area contributed by atoms with Gasteiger partial charge in [0.1, 0.15) is 0 Å². The van der Waals surface area contributed by atoms with Crippen LogP contribution in [-0.2, 0) is 11.3 Å². The fourth-order valence-electron chi connectivity index (χ4n) is 3.68. The van der Waals surface area contributed by atoms with Gasteiger partial charge in [-0.3, -0.25) is 9.78 Å². The van der Waals surface area contributed by atoms with Crippen molar-refractivity contribution in [3.8, 4) is 0 Å². The molecule has 1 atom stereocenters. The zero-order valence-corrected chi connectivity index (χ0v) is 16.6. The first kappa shape index (κ1) is 17.9. The molecule has 2 aromatic heterocycles. The summed E-state index contributed by atoms with van der Waals surface area (Å²) >= 11 is 1.73. The number of amides is 1. The number of nitrogens with zero attached hydrogens (tertiary/aromatic N) is 3. The highest BCUT2D eigenvalue weighted by Crippen LogP contribution is 2.33. The zero-order chi connectivity index (χ0) is 18.8. The molecule has 0 aliphatic carbocycles. The fourth-order valence-corrected chi connectivity index (χ4v) is 4.86. The van der Waals surface area contributed by atoms with Gasteiger partial charge in [-0.2, -0.15) is 0 Å². The Labute approximate surface area is 163 Å². The number of benzene rings is 1. The number of hydrogen-bond donors (Lipinski definition) is 1. The maximum absolute atomic E-state index is 12.6. The number of hydrogen-bond acceptors (Lipinski definition) is 5. The molecule has 0 bridgehead atoms. The summed E-state index contributed by atoms with van der Waals surface area (Å²) in [5.74, 6) is 0.107. The monoisotopic (exact) mass is 380 g/mol. The molecule has 0 unspecified atom stereocenters. The van der Waals surface area contributed by atoms with Gasteiger partial charge < -0.3 is 10.2 Å². The Kier molecular flexibility index (Phi) is 5.07.